The number of ether oxygens (including phenoxy) is 3. The zero-order valence-corrected chi connectivity index (χ0v) is 18.4. The molecule has 2 atom stereocenters. The van der Waals surface area contributed by atoms with Gasteiger partial charge in [0.2, 0.25) is 0 Å². The Labute approximate surface area is 177 Å². The van der Waals surface area contributed by atoms with Gasteiger partial charge in [-0.1, -0.05) is 12.1 Å². The minimum Gasteiger partial charge on any atom is -0.504 e. The van der Waals surface area contributed by atoms with Gasteiger partial charge in [-0.25, -0.2) is 0 Å². The summed E-state index contributed by atoms with van der Waals surface area (Å²) in [5.41, 5.74) is 5.16. The summed E-state index contributed by atoms with van der Waals surface area (Å²) in [4.78, 5) is 0. The topological polar surface area (TPSA) is 60.0 Å². The van der Waals surface area contributed by atoms with Gasteiger partial charge in [-0.2, -0.15) is 0 Å². The highest BCUT2D eigenvalue weighted by Gasteiger charge is 2.30. The molecule has 0 saturated heterocycles. The number of rotatable bonds is 4. The summed E-state index contributed by atoms with van der Waals surface area (Å²) in [6.45, 7) is 6.37. The van der Waals surface area contributed by atoms with E-state index in [0.717, 1.165) is 56.5 Å². The van der Waals surface area contributed by atoms with E-state index in [0.29, 0.717) is 11.8 Å². The van der Waals surface area contributed by atoms with Crippen molar-refractivity contribution in [1.29, 1.82) is 0 Å². The maximum absolute atomic E-state index is 11.3. The molecule has 0 spiro atoms. The highest BCUT2D eigenvalue weighted by atomic mass is 16.5. The quantitative estimate of drug-likeness (QED) is 0.627. The lowest BCUT2D eigenvalue weighted by Gasteiger charge is -2.32. The molecule has 0 aliphatic carbocycles. The van der Waals surface area contributed by atoms with Crippen molar-refractivity contribution in [1.82, 2.24) is 5.32 Å². The number of benzene rings is 3. The van der Waals surface area contributed by atoms with Crippen molar-refractivity contribution in [3.8, 4) is 34.1 Å². The Morgan fingerprint density at radius 1 is 0.933 bits per heavy atom. The number of hydrogen-bond acceptors (Lipinski definition) is 5. The first kappa shape index (κ1) is 20.4. The van der Waals surface area contributed by atoms with E-state index in [1.165, 1.54) is 0 Å². The monoisotopic (exact) mass is 407 g/mol. The molecule has 0 aromatic heterocycles. The van der Waals surface area contributed by atoms with E-state index in [1.807, 2.05) is 24.3 Å². The van der Waals surface area contributed by atoms with Crippen LogP contribution < -0.4 is 19.5 Å². The molecule has 4 rings (SSSR count). The fourth-order valence-corrected chi connectivity index (χ4v) is 4.83. The molecule has 158 valence electrons. The lowest BCUT2D eigenvalue weighted by atomic mass is 9.82. The molecule has 2 N–H and O–H groups in total. The SMILES string of the molecule is COc1cc2c(c(-c3c(C)cc(OC)c4c(OC)cccc34)c1O)CC(C)NC2C. The first-order valence-electron chi connectivity index (χ1n) is 10.2. The minimum atomic E-state index is 0.163. The van der Waals surface area contributed by atoms with Crippen LogP contribution >= 0.6 is 0 Å². The number of nitrogens with one attached hydrogen (secondary N) is 1. The van der Waals surface area contributed by atoms with Crippen LogP contribution in [-0.4, -0.2) is 32.5 Å². The van der Waals surface area contributed by atoms with Gasteiger partial charge in [0, 0.05) is 17.6 Å². The predicted molar refractivity (Wildman–Crippen MR) is 120 cm³/mol. The maximum Gasteiger partial charge on any atom is 0.165 e. The molecule has 0 amide bonds. The molecular formula is C25H29NO4. The average molecular weight is 408 g/mol. The van der Waals surface area contributed by atoms with Gasteiger partial charge < -0.3 is 24.6 Å². The average Bonchev–Trinajstić information content (AvgIpc) is 2.73. The Balaban J connectivity index is 2.16. The van der Waals surface area contributed by atoms with Crippen LogP contribution in [0.25, 0.3) is 21.9 Å². The van der Waals surface area contributed by atoms with E-state index in [1.54, 1.807) is 21.3 Å². The van der Waals surface area contributed by atoms with Crippen molar-refractivity contribution in [3.05, 3.63) is 47.0 Å². The Hall–Kier alpha value is -2.92. The number of fused-ring (bicyclic) bond motifs is 2. The standard InChI is InChI=1S/C25H29NO4/c1-13-10-20(29-5)23-16(8-7-9-19(23)28-4)22(13)24-18-11-14(2)26-15(3)17(18)12-21(30-6)25(24)27/h7-10,12,14-15,26-27H,11H2,1-6H3. The Kier molecular flexibility index (Phi) is 5.24. The van der Waals surface area contributed by atoms with Gasteiger partial charge in [0.05, 0.1) is 26.7 Å². The van der Waals surface area contributed by atoms with Gasteiger partial charge in [0.15, 0.2) is 11.5 Å². The van der Waals surface area contributed by atoms with E-state index >= 15 is 0 Å². The molecule has 1 aliphatic rings. The summed E-state index contributed by atoms with van der Waals surface area (Å²) < 4.78 is 16.9. The summed E-state index contributed by atoms with van der Waals surface area (Å²) >= 11 is 0. The van der Waals surface area contributed by atoms with Gasteiger partial charge in [0.1, 0.15) is 11.5 Å². The zero-order chi connectivity index (χ0) is 21.6. The highest BCUT2D eigenvalue weighted by Crippen LogP contribution is 2.50. The Morgan fingerprint density at radius 3 is 2.30 bits per heavy atom. The molecule has 1 heterocycles. The van der Waals surface area contributed by atoms with Crippen LogP contribution in [0.5, 0.6) is 23.0 Å². The third kappa shape index (κ3) is 3.05. The van der Waals surface area contributed by atoms with E-state index < -0.39 is 0 Å². The van der Waals surface area contributed by atoms with Crippen LogP contribution in [0.1, 0.15) is 36.6 Å². The van der Waals surface area contributed by atoms with Gasteiger partial charge in [-0.3, -0.25) is 0 Å². The Bertz CT molecular complexity index is 1120. The second kappa shape index (κ2) is 7.73. The summed E-state index contributed by atoms with van der Waals surface area (Å²) in [5, 5.41) is 16.8. The molecule has 5 heteroatoms. The predicted octanol–water partition coefficient (Wildman–Crippen LogP) is 5.14. The molecule has 1 aliphatic heterocycles. The van der Waals surface area contributed by atoms with Crippen molar-refractivity contribution in [2.75, 3.05) is 21.3 Å². The summed E-state index contributed by atoms with van der Waals surface area (Å²) in [5.74, 6) is 2.15. The van der Waals surface area contributed by atoms with Crippen LogP contribution in [0.3, 0.4) is 0 Å². The van der Waals surface area contributed by atoms with Crippen molar-refractivity contribution < 1.29 is 19.3 Å². The fourth-order valence-electron chi connectivity index (χ4n) is 4.83. The minimum absolute atomic E-state index is 0.163. The van der Waals surface area contributed by atoms with Gasteiger partial charge >= 0.3 is 0 Å². The molecular weight excluding hydrogens is 378 g/mol. The molecule has 0 saturated carbocycles. The second-order valence-corrected chi connectivity index (χ2v) is 8.02. The highest BCUT2D eigenvalue weighted by molar-refractivity contribution is 6.06. The van der Waals surface area contributed by atoms with Crippen molar-refractivity contribution in [3.63, 3.8) is 0 Å². The summed E-state index contributed by atoms with van der Waals surface area (Å²) in [7, 11) is 4.92. The van der Waals surface area contributed by atoms with Crippen molar-refractivity contribution >= 4 is 10.8 Å². The van der Waals surface area contributed by atoms with E-state index in [-0.39, 0.29) is 11.8 Å². The van der Waals surface area contributed by atoms with Crippen LogP contribution in [-0.2, 0) is 6.42 Å². The number of hydrogen-bond donors (Lipinski definition) is 2. The molecule has 3 aromatic carbocycles. The fraction of sp³-hybridized carbons (Fsp3) is 0.360. The third-order valence-corrected chi connectivity index (χ3v) is 6.11. The number of methoxy groups -OCH3 is 3. The lowest BCUT2D eigenvalue weighted by Crippen LogP contribution is -2.36. The number of phenolic OH excluding ortho intramolecular Hbond substituents is 1. The number of aromatic hydroxyl groups is 1. The lowest BCUT2D eigenvalue weighted by molar-refractivity contribution is 0.369. The first-order valence-corrected chi connectivity index (χ1v) is 10.2. The zero-order valence-electron chi connectivity index (χ0n) is 18.4. The maximum atomic E-state index is 11.3. The first-order chi connectivity index (χ1) is 14.4. The molecule has 5 nitrogen and oxygen atoms in total. The van der Waals surface area contributed by atoms with Crippen molar-refractivity contribution in [2.45, 2.75) is 39.3 Å². The van der Waals surface area contributed by atoms with Crippen LogP contribution in [0.4, 0.5) is 0 Å². The van der Waals surface area contributed by atoms with E-state index in [4.69, 9.17) is 14.2 Å². The molecule has 0 radical (unpaired) electrons. The van der Waals surface area contributed by atoms with Gasteiger partial charge in [0.25, 0.3) is 0 Å². The number of phenols is 1. The van der Waals surface area contributed by atoms with Crippen LogP contribution in [0.15, 0.2) is 30.3 Å². The molecule has 0 bridgehead atoms. The normalized spacial score (nSPS) is 18.2. The largest absolute Gasteiger partial charge is 0.504 e. The molecule has 30 heavy (non-hydrogen) atoms. The second-order valence-electron chi connectivity index (χ2n) is 8.02. The van der Waals surface area contributed by atoms with Gasteiger partial charge in [-0.15, -0.1) is 0 Å². The van der Waals surface area contributed by atoms with Crippen molar-refractivity contribution in [2.24, 2.45) is 0 Å². The molecule has 2 unspecified atom stereocenters. The summed E-state index contributed by atoms with van der Waals surface area (Å²) in [6.07, 6.45) is 0.823. The summed E-state index contributed by atoms with van der Waals surface area (Å²) in [6, 6.07) is 10.4. The van der Waals surface area contributed by atoms with Crippen LogP contribution in [0, 0.1) is 6.92 Å². The third-order valence-electron chi connectivity index (χ3n) is 6.11. The van der Waals surface area contributed by atoms with E-state index in [9.17, 15) is 5.11 Å². The van der Waals surface area contributed by atoms with Crippen LogP contribution in [0.2, 0.25) is 0 Å². The Morgan fingerprint density at radius 2 is 1.63 bits per heavy atom. The van der Waals surface area contributed by atoms with E-state index in [2.05, 4.69) is 32.2 Å². The van der Waals surface area contributed by atoms with Gasteiger partial charge in [-0.05, 0) is 73.0 Å². The number of aryl methyl sites for hydroxylation is 1. The molecule has 3 aromatic rings. The smallest absolute Gasteiger partial charge is 0.165 e. The molecule has 0 fully saturated rings.